The Bertz CT molecular complexity index is 716. The minimum Gasteiger partial charge on any atom is -0.441 e. The van der Waals surface area contributed by atoms with Crippen LogP contribution in [0.3, 0.4) is 0 Å². The monoisotopic (exact) mass is 448 g/mol. The summed E-state index contributed by atoms with van der Waals surface area (Å²) in [5, 5.41) is 10.4. The molecule has 4 bridgehead atoms. The van der Waals surface area contributed by atoms with E-state index < -0.39 is 11.6 Å². The molecule has 3 saturated heterocycles. The van der Waals surface area contributed by atoms with Gasteiger partial charge in [0.05, 0.1) is 13.2 Å². The molecule has 0 aromatic rings. The molecule has 5 aliphatic rings. The summed E-state index contributed by atoms with van der Waals surface area (Å²) in [6.07, 6.45) is 14.3. The lowest BCUT2D eigenvalue weighted by Crippen LogP contribution is -2.76. The van der Waals surface area contributed by atoms with E-state index in [0.29, 0.717) is 18.4 Å². The quantitative estimate of drug-likeness (QED) is 0.396. The predicted octanol–water partition coefficient (Wildman–Crippen LogP) is 3.17. The van der Waals surface area contributed by atoms with Crippen molar-refractivity contribution in [3.63, 3.8) is 0 Å². The SMILES string of the molecule is COCOC[C@@]12CCC/C=C/CCCCCN3CC[C@@H]4[C@H](CN5C(=O)O[C@H](CO)[C@@]45[C@@H]31)C2. The molecule has 1 spiro atoms. The maximum atomic E-state index is 13.0. The highest BCUT2D eigenvalue weighted by atomic mass is 16.7. The van der Waals surface area contributed by atoms with Gasteiger partial charge in [-0.2, -0.15) is 0 Å². The van der Waals surface area contributed by atoms with Gasteiger partial charge in [0.1, 0.15) is 12.3 Å². The zero-order chi connectivity index (χ0) is 22.2. The number of hydrogen-bond acceptors (Lipinski definition) is 6. The van der Waals surface area contributed by atoms with Gasteiger partial charge in [-0.05, 0) is 76.3 Å². The lowest BCUT2D eigenvalue weighted by atomic mass is 9.51. The molecule has 5 rings (SSSR count). The molecule has 4 aliphatic heterocycles. The van der Waals surface area contributed by atoms with Crippen molar-refractivity contribution in [2.75, 3.05) is 46.8 Å². The van der Waals surface area contributed by atoms with Crippen LogP contribution in [-0.4, -0.2) is 85.4 Å². The summed E-state index contributed by atoms with van der Waals surface area (Å²) in [6.45, 7) is 3.69. The fraction of sp³-hybridized carbons (Fsp3) is 0.880. The molecule has 1 aliphatic carbocycles. The van der Waals surface area contributed by atoms with Gasteiger partial charge in [-0.3, -0.25) is 9.80 Å². The number of aliphatic hydroxyl groups excluding tert-OH is 1. The minimum absolute atomic E-state index is 0.0713. The van der Waals surface area contributed by atoms with Crippen LogP contribution in [0.15, 0.2) is 12.2 Å². The van der Waals surface area contributed by atoms with E-state index in [-0.39, 0.29) is 30.9 Å². The second-order valence-electron chi connectivity index (χ2n) is 10.7. The number of carbonyl (C=O) groups excluding carboxylic acids is 1. The number of carbonyl (C=O) groups is 1. The van der Waals surface area contributed by atoms with Crippen LogP contribution in [0.25, 0.3) is 0 Å². The second kappa shape index (κ2) is 9.24. The molecule has 1 amide bonds. The average molecular weight is 449 g/mol. The van der Waals surface area contributed by atoms with Crippen molar-refractivity contribution in [1.82, 2.24) is 9.80 Å². The van der Waals surface area contributed by atoms with E-state index in [4.69, 9.17) is 14.2 Å². The first-order chi connectivity index (χ1) is 15.7. The fourth-order valence-corrected chi connectivity index (χ4v) is 8.22. The average Bonchev–Trinajstić information content (AvgIpc) is 3.19. The maximum Gasteiger partial charge on any atom is 0.410 e. The first-order valence-electron chi connectivity index (χ1n) is 12.7. The van der Waals surface area contributed by atoms with Crippen LogP contribution in [0.1, 0.15) is 57.8 Å². The largest absolute Gasteiger partial charge is 0.441 e. The van der Waals surface area contributed by atoms with E-state index in [9.17, 15) is 9.90 Å². The third-order valence-electron chi connectivity index (χ3n) is 9.09. The number of methoxy groups -OCH3 is 1. The number of rotatable bonds is 5. The van der Waals surface area contributed by atoms with Crippen molar-refractivity contribution in [2.24, 2.45) is 17.3 Å². The molecule has 1 N–H and O–H groups in total. The van der Waals surface area contributed by atoms with Crippen LogP contribution in [0.5, 0.6) is 0 Å². The molecule has 32 heavy (non-hydrogen) atoms. The Balaban J connectivity index is 1.58. The second-order valence-corrected chi connectivity index (χ2v) is 10.7. The highest BCUT2D eigenvalue weighted by Gasteiger charge is 2.76. The van der Waals surface area contributed by atoms with Gasteiger partial charge in [0, 0.05) is 25.1 Å². The van der Waals surface area contributed by atoms with Gasteiger partial charge in [0.15, 0.2) is 6.10 Å². The maximum absolute atomic E-state index is 13.0. The molecule has 0 radical (unpaired) electrons. The zero-order valence-corrected chi connectivity index (χ0v) is 19.5. The molecule has 7 heteroatoms. The van der Waals surface area contributed by atoms with Crippen molar-refractivity contribution in [3.8, 4) is 0 Å². The van der Waals surface area contributed by atoms with E-state index in [0.717, 1.165) is 51.7 Å². The van der Waals surface area contributed by atoms with Gasteiger partial charge < -0.3 is 19.3 Å². The summed E-state index contributed by atoms with van der Waals surface area (Å²) in [7, 11) is 1.67. The Kier molecular flexibility index (Phi) is 6.54. The molecule has 4 fully saturated rings. The number of ether oxygens (including phenoxy) is 3. The van der Waals surface area contributed by atoms with Crippen molar-refractivity contribution in [3.05, 3.63) is 12.2 Å². The Morgan fingerprint density at radius 1 is 1.19 bits per heavy atom. The number of cyclic esters (lactones) is 1. The Hall–Kier alpha value is -1.15. The van der Waals surface area contributed by atoms with E-state index in [2.05, 4.69) is 17.1 Å². The number of piperidine rings is 1. The van der Waals surface area contributed by atoms with Crippen LogP contribution in [0, 0.1) is 17.3 Å². The van der Waals surface area contributed by atoms with E-state index >= 15 is 0 Å². The first-order valence-corrected chi connectivity index (χ1v) is 12.7. The summed E-state index contributed by atoms with van der Waals surface area (Å²) in [5.41, 5.74) is -0.502. The standard InChI is InChI=1S/C25H40N2O5/c1-30-18-31-17-24-11-8-6-4-2-3-5-7-9-12-26-13-10-20-19(14-24)15-27-23(29)32-21(16-28)25(20,27)22(24)26/h2,4,19-22,28H,3,5-18H2,1H3/b4-2+/t19-,20+,21+,22-,24-,25+/m0/s1. The topological polar surface area (TPSA) is 71.5 Å². The lowest BCUT2D eigenvalue weighted by Gasteiger charge is -2.63. The molecule has 4 heterocycles. The van der Waals surface area contributed by atoms with Gasteiger partial charge in [-0.1, -0.05) is 18.6 Å². The van der Waals surface area contributed by atoms with Gasteiger partial charge in [0.2, 0.25) is 0 Å². The normalized spacial score (nSPS) is 43.1. The van der Waals surface area contributed by atoms with Crippen LogP contribution >= 0.6 is 0 Å². The summed E-state index contributed by atoms with van der Waals surface area (Å²) in [6, 6.07) is 0.151. The van der Waals surface area contributed by atoms with Crippen LogP contribution in [-0.2, 0) is 14.2 Å². The summed E-state index contributed by atoms with van der Waals surface area (Å²) in [4.78, 5) is 17.7. The number of aliphatic hydroxyl groups is 1. The molecule has 0 unspecified atom stereocenters. The molecule has 1 saturated carbocycles. The minimum atomic E-state index is -0.449. The van der Waals surface area contributed by atoms with Crippen LogP contribution in [0.2, 0.25) is 0 Å². The van der Waals surface area contributed by atoms with Crippen LogP contribution in [0.4, 0.5) is 4.79 Å². The van der Waals surface area contributed by atoms with Crippen molar-refractivity contribution >= 4 is 6.09 Å². The molecule has 7 nitrogen and oxygen atoms in total. The highest BCUT2D eigenvalue weighted by Crippen LogP contribution is 2.64. The van der Waals surface area contributed by atoms with Crippen LogP contribution < -0.4 is 0 Å². The van der Waals surface area contributed by atoms with E-state index in [1.54, 1.807) is 7.11 Å². The molecular formula is C25H40N2O5. The Morgan fingerprint density at radius 2 is 2.03 bits per heavy atom. The molecular weight excluding hydrogens is 408 g/mol. The van der Waals surface area contributed by atoms with E-state index in [1.807, 2.05) is 4.90 Å². The lowest BCUT2D eigenvalue weighted by molar-refractivity contribution is -0.177. The van der Waals surface area contributed by atoms with Gasteiger partial charge >= 0.3 is 6.09 Å². The van der Waals surface area contributed by atoms with Gasteiger partial charge in [-0.25, -0.2) is 4.79 Å². The first kappa shape index (κ1) is 22.6. The number of allylic oxidation sites excluding steroid dienone is 2. The molecule has 180 valence electrons. The zero-order valence-electron chi connectivity index (χ0n) is 19.5. The predicted molar refractivity (Wildman–Crippen MR) is 120 cm³/mol. The summed E-state index contributed by atoms with van der Waals surface area (Å²) >= 11 is 0. The Labute approximate surface area is 192 Å². The summed E-state index contributed by atoms with van der Waals surface area (Å²) < 4.78 is 17.2. The Morgan fingerprint density at radius 3 is 2.84 bits per heavy atom. The molecule has 0 aromatic heterocycles. The van der Waals surface area contributed by atoms with Crippen molar-refractivity contribution in [1.29, 1.82) is 0 Å². The number of hydrogen-bond donors (Lipinski definition) is 1. The molecule has 6 atom stereocenters. The van der Waals surface area contributed by atoms with Crippen molar-refractivity contribution < 1.29 is 24.1 Å². The van der Waals surface area contributed by atoms with E-state index in [1.165, 1.54) is 25.7 Å². The highest BCUT2D eigenvalue weighted by molar-refractivity contribution is 5.73. The third kappa shape index (κ3) is 3.42. The van der Waals surface area contributed by atoms with Crippen molar-refractivity contribution in [2.45, 2.75) is 75.5 Å². The molecule has 0 aromatic carbocycles. The third-order valence-corrected chi connectivity index (χ3v) is 9.09. The smallest absolute Gasteiger partial charge is 0.410 e. The summed E-state index contributed by atoms with van der Waals surface area (Å²) in [5.74, 6) is 0.853. The van der Waals surface area contributed by atoms with Gasteiger partial charge in [-0.15, -0.1) is 0 Å². The van der Waals surface area contributed by atoms with Gasteiger partial charge in [0.25, 0.3) is 0 Å². The number of amides is 1. The fourth-order valence-electron chi connectivity index (χ4n) is 8.22. The number of nitrogens with zero attached hydrogens (tertiary/aromatic N) is 2.